The maximum absolute atomic E-state index is 13.2. The molecule has 2 N–H and O–H groups in total. The number of allylic oxidation sites excluding steroid dienone is 1. The summed E-state index contributed by atoms with van der Waals surface area (Å²) in [6.45, 7) is 18.1. The molecule has 238 valence electrons. The number of hydrogen-bond donors (Lipinski definition) is 2. The van der Waals surface area contributed by atoms with Crippen molar-refractivity contribution in [2.45, 2.75) is 160 Å². The van der Waals surface area contributed by atoms with Crippen molar-refractivity contribution in [3.05, 3.63) is 11.8 Å². The molecule has 0 amide bonds. The number of rotatable bonds is 5. The fraction of sp³-hybridized carbons (Fsp3) is 0.886. The van der Waals surface area contributed by atoms with E-state index in [0.717, 1.165) is 51.4 Å². The van der Waals surface area contributed by atoms with Crippen molar-refractivity contribution in [2.24, 2.45) is 29.6 Å². The summed E-state index contributed by atoms with van der Waals surface area (Å²) in [7, 11) is 0. The lowest BCUT2D eigenvalue weighted by Gasteiger charge is -2.47. The minimum absolute atomic E-state index is 0.00268. The van der Waals surface area contributed by atoms with Crippen molar-refractivity contribution in [1.29, 1.82) is 0 Å². The third-order valence-electron chi connectivity index (χ3n) is 10.8. The highest BCUT2D eigenvalue weighted by molar-refractivity contribution is 5.86. The van der Waals surface area contributed by atoms with Gasteiger partial charge in [0.15, 0.2) is 0 Å². The Kier molecular flexibility index (Phi) is 8.88. The van der Waals surface area contributed by atoms with E-state index in [0.29, 0.717) is 36.0 Å². The van der Waals surface area contributed by atoms with Crippen LogP contribution in [-0.2, 0) is 23.8 Å². The lowest BCUT2D eigenvalue weighted by atomic mass is 9.62. The van der Waals surface area contributed by atoms with Crippen LogP contribution in [0.3, 0.4) is 0 Å². The summed E-state index contributed by atoms with van der Waals surface area (Å²) < 4.78 is 18.1. The first-order valence-electron chi connectivity index (χ1n) is 16.8. The van der Waals surface area contributed by atoms with Crippen LogP contribution in [0, 0.1) is 29.6 Å². The number of carbonyl (C=O) groups is 2. The molecule has 42 heavy (non-hydrogen) atoms. The summed E-state index contributed by atoms with van der Waals surface area (Å²) in [4.78, 5) is 26.2. The molecule has 5 unspecified atom stereocenters. The van der Waals surface area contributed by atoms with Crippen LogP contribution < -0.4 is 10.6 Å². The van der Waals surface area contributed by atoms with E-state index in [1.165, 1.54) is 19.3 Å². The van der Waals surface area contributed by atoms with Crippen molar-refractivity contribution >= 4 is 11.9 Å². The van der Waals surface area contributed by atoms with E-state index >= 15 is 0 Å². The number of nitrogens with one attached hydrogen (secondary N) is 2. The Balaban J connectivity index is 1.08. The van der Waals surface area contributed by atoms with Gasteiger partial charge in [-0.15, -0.1) is 0 Å². The average Bonchev–Trinajstić information content (AvgIpc) is 2.84. The predicted octanol–water partition coefficient (Wildman–Crippen LogP) is 6.44. The quantitative estimate of drug-likeness (QED) is 0.358. The van der Waals surface area contributed by atoms with Gasteiger partial charge >= 0.3 is 11.9 Å². The van der Waals surface area contributed by atoms with E-state index in [-0.39, 0.29) is 52.2 Å². The third kappa shape index (κ3) is 7.91. The number of piperidine rings is 2. The van der Waals surface area contributed by atoms with Gasteiger partial charge in [0.25, 0.3) is 0 Å². The molecule has 5 atom stereocenters. The number of carbonyl (C=O) groups excluding carboxylic acids is 2. The van der Waals surface area contributed by atoms with Gasteiger partial charge in [0.1, 0.15) is 12.2 Å². The highest BCUT2D eigenvalue weighted by Crippen LogP contribution is 2.48. The molecule has 3 aliphatic heterocycles. The Morgan fingerprint density at radius 1 is 0.690 bits per heavy atom. The van der Waals surface area contributed by atoms with Gasteiger partial charge < -0.3 is 24.8 Å². The van der Waals surface area contributed by atoms with Crippen molar-refractivity contribution in [2.75, 3.05) is 6.61 Å². The molecule has 5 rings (SSSR count). The van der Waals surface area contributed by atoms with Crippen molar-refractivity contribution < 1.29 is 23.8 Å². The van der Waals surface area contributed by atoms with Gasteiger partial charge in [-0.25, -0.2) is 4.79 Å². The fourth-order valence-corrected chi connectivity index (χ4v) is 9.71. The summed E-state index contributed by atoms with van der Waals surface area (Å²) in [5, 5.41) is 7.33. The second-order valence-electron chi connectivity index (χ2n) is 17.2. The highest BCUT2D eigenvalue weighted by Gasteiger charge is 2.44. The zero-order chi connectivity index (χ0) is 30.5. The van der Waals surface area contributed by atoms with Gasteiger partial charge in [0, 0.05) is 47.8 Å². The third-order valence-corrected chi connectivity index (χ3v) is 10.8. The molecule has 4 fully saturated rings. The van der Waals surface area contributed by atoms with Gasteiger partial charge in [0.2, 0.25) is 5.76 Å². The molecule has 0 aromatic carbocycles. The SMILES string of the molecule is CC1(C)CC(OC(=O)C2=CCC(C3CCC4CC(C(=O)OC5CC(C)(C)NC(C)(C)C5)CCC4C3)CO2)CC(C)(C)N1. The van der Waals surface area contributed by atoms with Crippen LogP contribution in [0.1, 0.15) is 126 Å². The minimum atomic E-state index is -0.308. The minimum Gasteiger partial charge on any atom is -0.486 e. The first-order valence-corrected chi connectivity index (χ1v) is 16.8. The molecule has 0 bridgehead atoms. The zero-order valence-electron chi connectivity index (χ0n) is 27.6. The molecule has 2 saturated heterocycles. The lowest BCUT2D eigenvalue weighted by molar-refractivity contribution is -0.161. The largest absolute Gasteiger partial charge is 0.486 e. The van der Waals surface area contributed by atoms with Gasteiger partial charge in [0.05, 0.1) is 12.5 Å². The van der Waals surface area contributed by atoms with Crippen LogP contribution in [-0.4, -0.2) is 52.9 Å². The topological polar surface area (TPSA) is 85.9 Å². The Bertz CT molecular complexity index is 1010. The molecule has 7 nitrogen and oxygen atoms in total. The maximum atomic E-state index is 13.2. The second-order valence-corrected chi connectivity index (χ2v) is 17.2. The summed E-state index contributed by atoms with van der Waals surface area (Å²) >= 11 is 0. The standard InChI is InChI=1S/C35H58N2O5/c1-32(2)17-27(18-33(3,4)36-32)41-30(38)25-12-11-22-15-24(10-9-23(22)16-25)26-13-14-29(40-21-26)31(39)42-28-19-34(5,6)37-35(7,8)20-28/h14,22-28,36-37H,9-13,15-21H2,1-8H3. The molecule has 7 heteroatoms. The van der Waals surface area contributed by atoms with E-state index < -0.39 is 0 Å². The lowest BCUT2D eigenvalue weighted by Crippen LogP contribution is -2.60. The van der Waals surface area contributed by atoms with Crippen LogP contribution >= 0.6 is 0 Å². The number of fused-ring (bicyclic) bond motifs is 1. The molecule has 5 aliphatic rings. The van der Waals surface area contributed by atoms with Crippen LogP contribution in [0.4, 0.5) is 0 Å². The van der Waals surface area contributed by atoms with Gasteiger partial charge in [-0.3, -0.25) is 4.79 Å². The normalized spacial score (nSPS) is 36.1. The first kappa shape index (κ1) is 31.8. The van der Waals surface area contributed by atoms with E-state index in [4.69, 9.17) is 14.2 Å². The predicted molar refractivity (Wildman–Crippen MR) is 165 cm³/mol. The summed E-state index contributed by atoms with van der Waals surface area (Å²) in [5.41, 5.74) is -0.189. The Morgan fingerprint density at radius 3 is 1.69 bits per heavy atom. The highest BCUT2D eigenvalue weighted by atomic mass is 16.6. The van der Waals surface area contributed by atoms with E-state index in [1.807, 2.05) is 6.08 Å². The molecular weight excluding hydrogens is 528 g/mol. The Labute approximate surface area is 254 Å². The molecule has 0 aromatic rings. The van der Waals surface area contributed by atoms with Crippen LogP contribution in [0.15, 0.2) is 11.8 Å². The van der Waals surface area contributed by atoms with Crippen molar-refractivity contribution in [1.82, 2.24) is 10.6 Å². The summed E-state index contributed by atoms with van der Waals surface area (Å²) in [5.74, 6) is 2.56. The molecule has 0 spiro atoms. The molecule has 0 radical (unpaired) electrons. The van der Waals surface area contributed by atoms with Gasteiger partial charge in [-0.05, 0) is 130 Å². The summed E-state index contributed by atoms with van der Waals surface area (Å²) in [6, 6.07) is 0. The molecular formula is C35H58N2O5. The van der Waals surface area contributed by atoms with Crippen LogP contribution in [0.5, 0.6) is 0 Å². The maximum Gasteiger partial charge on any atom is 0.373 e. The fourth-order valence-electron chi connectivity index (χ4n) is 9.71. The Hall–Kier alpha value is -1.60. The van der Waals surface area contributed by atoms with Crippen molar-refractivity contribution in [3.8, 4) is 0 Å². The van der Waals surface area contributed by atoms with Crippen LogP contribution in [0.25, 0.3) is 0 Å². The smallest absolute Gasteiger partial charge is 0.373 e. The molecule has 0 aromatic heterocycles. The number of ether oxygens (including phenoxy) is 3. The van der Waals surface area contributed by atoms with Gasteiger partial charge in [-0.1, -0.05) is 0 Å². The van der Waals surface area contributed by atoms with E-state index in [1.54, 1.807) is 0 Å². The second kappa shape index (κ2) is 11.7. The first-order chi connectivity index (χ1) is 19.5. The molecule has 2 saturated carbocycles. The molecule has 2 aliphatic carbocycles. The molecule has 3 heterocycles. The average molecular weight is 587 g/mol. The summed E-state index contributed by atoms with van der Waals surface area (Å²) in [6.07, 6.45) is 12.7. The van der Waals surface area contributed by atoms with Gasteiger partial charge in [-0.2, -0.15) is 0 Å². The zero-order valence-corrected chi connectivity index (χ0v) is 27.6. The Morgan fingerprint density at radius 2 is 1.17 bits per heavy atom. The van der Waals surface area contributed by atoms with E-state index in [9.17, 15) is 9.59 Å². The van der Waals surface area contributed by atoms with Crippen LogP contribution in [0.2, 0.25) is 0 Å². The van der Waals surface area contributed by atoms with E-state index in [2.05, 4.69) is 66.0 Å². The van der Waals surface area contributed by atoms with Crippen molar-refractivity contribution in [3.63, 3.8) is 0 Å². The number of hydrogen-bond acceptors (Lipinski definition) is 7. The number of esters is 2. The monoisotopic (exact) mass is 586 g/mol.